The zero-order valence-corrected chi connectivity index (χ0v) is 24.9. The third kappa shape index (κ3) is 5.71. The van der Waals surface area contributed by atoms with Crippen LogP contribution in [0.3, 0.4) is 0 Å². The van der Waals surface area contributed by atoms with Gasteiger partial charge >= 0.3 is 6.09 Å². The fraction of sp³-hybridized carbons (Fsp3) is 0.278. The molecule has 2 fully saturated rings. The van der Waals surface area contributed by atoms with Crippen LogP contribution in [0.2, 0.25) is 0 Å². The number of hydrogen-bond acceptors (Lipinski definition) is 8. The fourth-order valence-electron chi connectivity index (χ4n) is 6.16. The number of carbonyl (C=O) groups is 1. The molecule has 45 heavy (non-hydrogen) atoms. The van der Waals surface area contributed by atoms with Crippen LogP contribution in [0.4, 0.5) is 4.79 Å². The first kappa shape index (κ1) is 30.5. The number of amides is 1. The number of aliphatic hydroxyl groups excluding tert-OH is 1. The van der Waals surface area contributed by atoms with E-state index < -0.39 is 54.2 Å². The van der Waals surface area contributed by atoms with Crippen LogP contribution in [-0.2, 0) is 24.5 Å². The highest BCUT2D eigenvalue weighted by molar-refractivity contribution is 5.72. The third-order valence-electron chi connectivity index (χ3n) is 8.07. The predicted octanol–water partition coefficient (Wildman–Crippen LogP) is 5.28. The highest BCUT2D eigenvalue weighted by Gasteiger charge is 2.68. The second kappa shape index (κ2) is 12.4. The Morgan fingerprint density at radius 2 is 1.36 bits per heavy atom. The summed E-state index contributed by atoms with van der Waals surface area (Å²) in [5.74, 6) is -0.824. The molecular formula is C36H34N2O7. The summed E-state index contributed by atoms with van der Waals surface area (Å²) in [6.07, 6.45) is -5.44. The molecule has 2 N–H and O–H groups in total. The van der Waals surface area contributed by atoms with E-state index in [-0.39, 0.29) is 5.75 Å². The number of carbonyl (C=O) groups excluding carboxylic acids is 1. The minimum absolute atomic E-state index is 0.283. The van der Waals surface area contributed by atoms with Crippen molar-refractivity contribution >= 4 is 6.09 Å². The van der Waals surface area contributed by atoms with Gasteiger partial charge in [-0.3, -0.25) is 5.32 Å². The summed E-state index contributed by atoms with van der Waals surface area (Å²) >= 11 is 0. The number of rotatable bonds is 9. The van der Waals surface area contributed by atoms with Crippen molar-refractivity contribution in [3.8, 4) is 11.8 Å². The van der Waals surface area contributed by atoms with Crippen molar-refractivity contribution < 1.29 is 33.6 Å². The number of nitriles is 1. The largest absolute Gasteiger partial charge is 0.414 e. The number of nitrogens with one attached hydrogen (secondary N) is 1. The summed E-state index contributed by atoms with van der Waals surface area (Å²) in [6, 6.07) is 39.6. The average molecular weight is 607 g/mol. The molecule has 6 rings (SSSR count). The van der Waals surface area contributed by atoms with E-state index in [1.165, 1.54) is 0 Å². The van der Waals surface area contributed by atoms with Crippen molar-refractivity contribution in [3.63, 3.8) is 0 Å². The minimum atomic E-state index is -1.88. The van der Waals surface area contributed by atoms with Gasteiger partial charge < -0.3 is 28.8 Å². The molecule has 4 aromatic rings. The van der Waals surface area contributed by atoms with Crippen molar-refractivity contribution in [2.24, 2.45) is 0 Å². The summed E-state index contributed by atoms with van der Waals surface area (Å²) in [4.78, 5) is 13.3. The molecular weight excluding hydrogens is 572 g/mol. The predicted molar refractivity (Wildman–Crippen MR) is 164 cm³/mol. The van der Waals surface area contributed by atoms with Crippen LogP contribution >= 0.6 is 0 Å². The van der Waals surface area contributed by atoms with Gasteiger partial charge in [-0.25, -0.2) is 4.79 Å². The zero-order valence-electron chi connectivity index (χ0n) is 24.9. The number of para-hydroxylation sites is 1. The normalized spacial score (nSPS) is 24.3. The van der Waals surface area contributed by atoms with Gasteiger partial charge in [-0.2, -0.15) is 5.26 Å². The summed E-state index contributed by atoms with van der Waals surface area (Å²) in [7, 11) is 0. The summed E-state index contributed by atoms with van der Waals surface area (Å²) < 4.78 is 31.1. The van der Waals surface area contributed by atoms with Crippen LogP contribution in [0.1, 0.15) is 30.5 Å². The van der Waals surface area contributed by atoms with Crippen LogP contribution in [0, 0.1) is 11.3 Å². The van der Waals surface area contributed by atoms with E-state index in [1.807, 2.05) is 91.0 Å². The first-order chi connectivity index (χ1) is 21.8. The molecule has 0 radical (unpaired) electrons. The molecule has 2 aliphatic rings. The van der Waals surface area contributed by atoms with Gasteiger partial charge in [0.15, 0.2) is 23.7 Å². The molecule has 2 saturated heterocycles. The SMILES string of the molecule is CC1(C)O[C@H]2O[C@H]([C@@H](CO)OC(c3ccccc3)(c3ccccc3)c3ccccc3)[C@@](C#N)(NC(=O)Oc3ccccc3)[C@H]2O1. The molecule has 0 aliphatic carbocycles. The van der Waals surface area contributed by atoms with Crippen LogP contribution in [0.25, 0.3) is 0 Å². The quantitative estimate of drug-likeness (QED) is 0.247. The Kier molecular flexibility index (Phi) is 8.42. The molecule has 9 heteroatoms. The maximum Gasteiger partial charge on any atom is 0.414 e. The molecule has 2 aliphatic heterocycles. The lowest BCUT2D eigenvalue weighted by Crippen LogP contribution is -2.65. The lowest BCUT2D eigenvalue weighted by Gasteiger charge is -2.42. The van der Waals surface area contributed by atoms with E-state index in [4.69, 9.17) is 23.7 Å². The number of fused-ring (bicyclic) bond motifs is 1. The topological polar surface area (TPSA) is 119 Å². The van der Waals surface area contributed by atoms with E-state index in [9.17, 15) is 15.2 Å². The molecule has 4 aromatic carbocycles. The maximum atomic E-state index is 13.3. The molecule has 2 heterocycles. The van der Waals surface area contributed by atoms with Crippen molar-refractivity contribution in [3.05, 3.63) is 138 Å². The smallest absolute Gasteiger partial charge is 0.410 e. The second-order valence-corrected chi connectivity index (χ2v) is 11.4. The average Bonchev–Trinajstić information content (AvgIpc) is 3.53. The number of nitrogens with zero attached hydrogens (tertiary/aromatic N) is 1. The monoisotopic (exact) mass is 606 g/mol. The van der Waals surface area contributed by atoms with E-state index in [2.05, 4.69) is 11.4 Å². The highest BCUT2D eigenvalue weighted by atomic mass is 16.8. The first-order valence-corrected chi connectivity index (χ1v) is 14.7. The lowest BCUT2D eigenvalue weighted by atomic mass is 9.79. The van der Waals surface area contributed by atoms with Crippen molar-refractivity contribution in [1.82, 2.24) is 5.32 Å². The molecule has 5 atom stereocenters. The highest BCUT2D eigenvalue weighted by Crippen LogP contribution is 2.47. The maximum absolute atomic E-state index is 13.3. The molecule has 1 amide bonds. The van der Waals surface area contributed by atoms with E-state index >= 15 is 0 Å². The Bertz CT molecular complexity index is 1530. The summed E-state index contributed by atoms with van der Waals surface area (Å²) in [5.41, 5.74) is -0.789. The van der Waals surface area contributed by atoms with Gasteiger partial charge in [0.1, 0.15) is 23.6 Å². The lowest BCUT2D eigenvalue weighted by molar-refractivity contribution is -0.232. The van der Waals surface area contributed by atoms with E-state index in [0.717, 1.165) is 16.7 Å². The van der Waals surface area contributed by atoms with Crippen LogP contribution < -0.4 is 10.1 Å². The molecule has 0 saturated carbocycles. The Morgan fingerprint density at radius 3 is 1.82 bits per heavy atom. The molecule has 230 valence electrons. The Hall–Kier alpha value is -4.56. The van der Waals surface area contributed by atoms with Crippen LogP contribution in [-0.4, -0.2) is 53.7 Å². The van der Waals surface area contributed by atoms with Gasteiger partial charge in [0, 0.05) is 0 Å². The zero-order chi connectivity index (χ0) is 31.5. The molecule has 9 nitrogen and oxygen atoms in total. The van der Waals surface area contributed by atoms with Gasteiger partial charge in [-0.1, -0.05) is 109 Å². The van der Waals surface area contributed by atoms with Gasteiger partial charge in [-0.15, -0.1) is 0 Å². The van der Waals surface area contributed by atoms with Gasteiger partial charge in [0.25, 0.3) is 0 Å². The Labute approximate surface area is 261 Å². The standard InChI is InChI=1S/C36H34N2O7/c1-34(2)44-31-32(45-34)42-30(35(31,24-37)38-33(40)41-28-21-13-6-14-22-28)29(23-39)43-36(25-15-7-3-8-16-25,26-17-9-4-10-18-26)27-19-11-5-12-20-27/h3-22,29-32,39H,23H2,1-2H3,(H,38,40)/t29-,30-,31+,32-,35-/m1/s1. The van der Waals surface area contributed by atoms with Crippen LogP contribution in [0.5, 0.6) is 5.75 Å². The number of benzene rings is 4. The van der Waals surface area contributed by atoms with Crippen molar-refractivity contribution in [2.75, 3.05) is 6.61 Å². The summed E-state index contributed by atoms with van der Waals surface area (Å²) in [6.45, 7) is 2.82. The minimum Gasteiger partial charge on any atom is -0.410 e. The third-order valence-corrected chi connectivity index (χ3v) is 8.07. The first-order valence-electron chi connectivity index (χ1n) is 14.7. The van der Waals surface area contributed by atoms with E-state index in [1.54, 1.807) is 44.2 Å². The van der Waals surface area contributed by atoms with Crippen molar-refractivity contribution in [2.45, 2.75) is 55.4 Å². The molecule has 0 unspecified atom stereocenters. The Morgan fingerprint density at radius 1 is 0.867 bits per heavy atom. The number of ether oxygens (including phenoxy) is 5. The molecule has 0 spiro atoms. The number of hydrogen-bond donors (Lipinski definition) is 2. The molecule has 0 bridgehead atoms. The van der Waals surface area contributed by atoms with Crippen LogP contribution in [0.15, 0.2) is 121 Å². The summed E-state index contributed by atoms with van der Waals surface area (Å²) in [5, 5.41) is 24.6. The van der Waals surface area contributed by atoms with Gasteiger partial charge in [0.2, 0.25) is 0 Å². The van der Waals surface area contributed by atoms with E-state index in [0.29, 0.717) is 0 Å². The van der Waals surface area contributed by atoms with Gasteiger partial charge in [0.05, 0.1) is 12.7 Å². The van der Waals surface area contributed by atoms with Crippen molar-refractivity contribution in [1.29, 1.82) is 5.26 Å². The molecule has 0 aromatic heterocycles. The number of aliphatic hydroxyl groups is 1. The second-order valence-electron chi connectivity index (χ2n) is 11.4. The van der Waals surface area contributed by atoms with Gasteiger partial charge in [-0.05, 0) is 42.7 Å². The Balaban J connectivity index is 1.45. The fourth-order valence-corrected chi connectivity index (χ4v) is 6.16.